The van der Waals surface area contributed by atoms with Crippen molar-refractivity contribution in [1.29, 1.82) is 0 Å². The molecule has 3 rings (SSSR count). The van der Waals surface area contributed by atoms with E-state index in [1.165, 1.54) is 0 Å². The Labute approximate surface area is 173 Å². The van der Waals surface area contributed by atoms with Crippen molar-refractivity contribution in [3.63, 3.8) is 0 Å². The van der Waals surface area contributed by atoms with Crippen LogP contribution >= 0.6 is 12.4 Å². The second-order valence-corrected chi connectivity index (χ2v) is 8.95. The smallest absolute Gasteiger partial charge is 0.257 e. The number of carbonyl (C=O) groups excluding carboxylic acids is 3. The number of nitrogens with one attached hydrogen (secondary N) is 3. The Hall–Kier alpha value is -1.38. The highest BCUT2D eigenvalue weighted by atomic mass is 35.5. The highest BCUT2D eigenvalue weighted by Gasteiger charge is 2.69. The third kappa shape index (κ3) is 4.00. The van der Waals surface area contributed by atoms with Crippen molar-refractivity contribution < 1.29 is 14.4 Å². The molecule has 1 aliphatic carbocycles. The molecule has 0 spiro atoms. The molecule has 2 aliphatic heterocycles. The Kier molecular flexibility index (Phi) is 6.99. The van der Waals surface area contributed by atoms with Gasteiger partial charge in [0.05, 0.1) is 12.0 Å². The SMILES string of the molecule is CC[C@H](C)[C@H](N)C(=O)N1C[C@H]2[C@@H]([C@H]1C(=O)NNC[C@@H]1CCNC1=O)C2(C)C.Cl. The van der Waals surface area contributed by atoms with E-state index >= 15 is 0 Å². The van der Waals surface area contributed by atoms with E-state index in [1.807, 2.05) is 13.8 Å². The van der Waals surface area contributed by atoms with Gasteiger partial charge in [-0.2, -0.15) is 0 Å². The predicted molar refractivity (Wildman–Crippen MR) is 108 cm³/mol. The van der Waals surface area contributed by atoms with Crippen LogP contribution in [-0.4, -0.2) is 54.3 Å². The van der Waals surface area contributed by atoms with Gasteiger partial charge in [0.15, 0.2) is 0 Å². The molecule has 8 nitrogen and oxygen atoms in total. The van der Waals surface area contributed by atoms with Crippen molar-refractivity contribution in [3.8, 4) is 0 Å². The fourth-order valence-electron chi connectivity index (χ4n) is 4.68. The number of nitrogens with two attached hydrogens (primary N) is 1. The van der Waals surface area contributed by atoms with Gasteiger partial charge in [0.1, 0.15) is 6.04 Å². The van der Waals surface area contributed by atoms with Gasteiger partial charge in [-0.15, -0.1) is 12.4 Å². The zero-order valence-corrected chi connectivity index (χ0v) is 18.0. The highest BCUT2D eigenvalue weighted by Crippen LogP contribution is 2.64. The summed E-state index contributed by atoms with van der Waals surface area (Å²) in [5, 5.41) is 2.78. The first kappa shape index (κ1) is 22.9. The highest BCUT2D eigenvalue weighted by molar-refractivity contribution is 5.91. The van der Waals surface area contributed by atoms with E-state index in [9.17, 15) is 14.4 Å². The summed E-state index contributed by atoms with van der Waals surface area (Å²) in [5.74, 6) is 0.0981. The summed E-state index contributed by atoms with van der Waals surface area (Å²) in [6.07, 6.45) is 1.58. The normalized spacial score (nSPS) is 32.0. The molecule has 9 heteroatoms. The van der Waals surface area contributed by atoms with E-state index in [0.717, 1.165) is 12.8 Å². The first-order valence-electron chi connectivity index (χ1n) is 10.1. The second kappa shape index (κ2) is 8.55. The average molecular weight is 416 g/mol. The van der Waals surface area contributed by atoms with Crippen LogP contribution in [-0.2, 0) is 14.4 Å². The van der Waals surface area contributed by atoms with Gasteiger partial charge >= 0.3 is 0 Å². The molecular formula is C19H34ClN5O3. The van der Waals surface area contributed by atoms with E-state index in [-0.39, 0.29) is 53.3 Å². The topological polar surface area (TPSA) is 117 Å². The first-order valence-corrected chi connectivity index (χ1v) is 10.1. The summed E-state index contributed by atoms with van der Waals surface area (Å²) in [6, 6.07) is -1.08. The monoisotopic (exact) mass is 415 g/mol. The molecule has 0 bridgehead atoms. The van der Waals surface area contributed by atoms with E-state index in [2.05, 4.69) is 30.0 Å². The van der Waals surface area contributed by atoms with Crippen LogP contribution in [0.5, 0.6) is 0 Å². The first-order chi connectivity index (χ1) is 12.7. The minimum atomic E-state index is -0.582. The van der Waals surface area contributed by atoms with Gasteiger partial charge in [-0.05, 0) is 29.6 Å². The molecule has 0 aromatic heterocycles. The molecule has 6 atom stereocenters. The van der Waals surface area contributed by atoms with Crippen LogP contribution in [0.1, 0.15) is 40.5 Å². The molecule has 3 fully saturated rings. The lowest BCUT2D eigenvalue weighted by Gasteiger charge is -2.33. The number of amides is 3. The Balaban J connectivity index is 0.00000280. The van der Waals surface area contributed by atoms with E-state index in [0.29, 0.717) is 25.6 Å². The number of carbonyl (C=O) groups is 3. The number of hydrogen-bond acceptors (Lipinski definition) is 5. The number of nitrogens with zero attached hydrogens (tertiary/aromatic N) is 1. The number of hydrogen-bond donors (Lipinski definition) is 4. The van der Waals surface area contributed by atoms with Crippen molar-refractivity contribution in [2.24, 2.45) is 34.8 Å². The minimum absolute atomic E-state index is 0. The van der Waals surface area contributed by atoms with E-state index in [4.69, 9.17) is 5.73 Å². The van der Waals surface area contributed by atoms with Gasteiger partial charge in [-0.1, -0.05) is 34.1 Å². The zero-order valence-electron chi connectivity index (χ0n) is 17.2. The Morgan fingerprint density at radius 1 is 1.39 bits per heavy atom. The lowest BCUT2D eigenvalue weighted by molar-refractivity contribution is -0.142. The molecule has 1 saturated carbocycles. The standard InChI is InChI=1S/C19H33N5O3.ClH/c1-5-10(2)14(20)18(27)24-9-12-13(19(12,3)4)15(24)17(26)23-22-8-11-6-7-21-16(11)25;/h10-15,22H,5-9,20H2,1-4H3,(H,21,25)(H,23,26);1H/t10-,11-,12-,13-,14-,15-;/m0./s1. The summed E-state index contributed by atoms with van der Waals surface area (Å²) in [6.45, 7) is 9.92. The molecule has 0 radical (unpaired) electrons. The Morgan fingerprint density at radius 2 is 2.07 bits per heavy atom. The molecule has 0 aromatic carbocycles. The van der Waals surface area contributed by atoms with Gasteiger partial charge in [-0.25, -0.2) is 5.43 Å². The lowest BCUT2D eigenvalue weighted by atomic mass is 9.96. The Morgan fingerprint density at radius 3 is 2.64 bits per heavy atom. The maximum atomic E-state index is 12.9. The predicted octanol–water partition coefficient (Wildman–Crippen LogP) is 0.0215. The van der Waals surface area contributed by atoms with Crippen LogP contribution in [0.2, 0.25) is 0 Å². The van der Waals surface area contributed by atoms with E-state index < -0.39 is 12.1 Å². The maximum Gasteiger partial charge on any atom is 0.257 e. The van der Waals surface area contributed by atoms with Crippen LogP contribution in [0, 0.1) is 29.1 Å². The number of rotatable bonds is 7. The molecule has 3 aliphatic rings. The molecule has 2 heterocycles. The molecule has 5 N–H and O–H groups in total. The summed E-state index contributed by atoms with van der Waals surface area (Å²) in [4.78, 5) is 39.1. The number of piperidine rings is 1. The maximum absolute atomic E-state index is 12.9. The average Bonchev–Trinajstić information content (AvgIpc) is 3.03. The number of fused-ring (bicyclic) bond motifs is 1. The number of halogens is 1. The fraction of sp³-hybridized carbons (Fsp3) is 0.842. The second-order valence-electron chi connectivity index (χ2n) is 8.95. The van der Waals surface area contributed by atoms with Gasteiger partial charge in [0.2, 0.25) is 11.8 Å². The van der Waals surface area contributed by atoms with E-state index in [1.54, 1.807) is 4.90 Å². The summed E-state index contributed by atoms with van der Waals surface area (Å²) >= 11 is 0. The third-order valence-corrected chi connectivity index (χ3v) is 7.03. The summed E-state index contributed by atoms with van der Waals surface area (Å²) < 4.78 is 0. The molecule has 0 unspecified atom stereocenters. The summed E-state index contributed by atoms with van der Waals surface area (Å²) in [5.41, 5.74) is 11.8. The third-order valence-electron chi connectivity index (χ3n) is 7.03. The Bertz CT molecular complexity index is 629. The van der Waals surface area contributed by atoms with Crippen molar-refractivity contribution in [2.75, 3.05) is 19.6 Å². The van der Waals surface area contributed by atoms with Gasteiger partial charge in [0.25, 0.3) is 5.91 Å². The van der Waals surface area contributed by atoms with Crippen LogP contribution in [0.25, 0.3) is 0 Å². The largest absolute Gasteiger partial charge is 0.356 e. The lowest BCUT2D eigenvalue weighted by Crippen LogP contribution is -2.57. The number of likely N-dealkylation sites (tertiary alicyclic amines) is 1. The molecule has 0 aromatic rings. The fourth-order valence-corrected chi connectivity index (χ4v) is 4.68. The van der Waals surface area contributed by atoms with Crippen LogP contribution in [0.4, 0.5) is 0 Å². The van der Waals surface area contributed by atoms with Crippen molar-refractivity contribution in [1.82, 2.24) is 21.1 Å². The van der Waals surface area contributed by atoms with Crippen molar-refractivity contribution in [3.05, 3.63) is 0 Å². The molecule has 28 heavy (non-hydrogen) atoms. The van der Waals surface area contributed by atoms with Gasteiger partial charge in [-0.3, -0.25) is 19.8 Å². The molecule has 2 saturated heterocycles. The van der Waals surface area contributed by atoms with Crippen molar-refractivity contribution in [2.45, 2.75) is 52.6 Å². The van der Waals surface area contributed by atoms with Crippen molar-refractivity contribution >= 4 is 30.1 Å². The van der Waals surface area contributed by atoms with Gasteiger partial charge in [0, 0.05) is 19.6 Å². The van der Waals surface area contributed by atoms with Gasteiger partial charge < -0.3 is 16.0 Å². The molecule has 160 valence electrons. The summed E-state index contributed by atoms with van der Waals surface area (Å²) in [7, 11) is 0. The zero-order chi connectivity index (χ0) is 19.9. The van der Waals surface area contributed by atoms with Crippen LogP contribution < -0.4 is 21.9 Å². The van der Waals surface area contributed by atoms with Crippen LogP contribution in [0.3, 0.4) is 0 Å². The molecule has 3 amide bonds. The minimum Gasteiger partial charge on any atom is -0.356 e. The molecular weight excluding hydrogens is 382 g/mol. The quantitative estimate of drug-likeness (QED) is 0.437. The number of hydrazine groups is 1. The van der Waals surface area contributed by atoms with Crippen LogP contribution in [0.15, 0.2) is 0 Å².